The van der Waals surface area contributed by atoms with Crippen LogP contribution in [-0.4, -0.2) is 16.3 Å². The molecule has 2 heterocycles. The molecule has 4 rings (SSSR count). The molecular formula is C21H18F3IN2O2. The van der Waals surface area contributed by atoms with Crippen LogP contribution >= 0.6 is 22.6 Å². The van der Waals surface area contributed by atoms with E-state index >= 15 is 0 Å². The maximum atomic E-state index is 12.7. The first kappa shape index (κ1) is 20.1. The lowest BCUT2D eigenvalue weighted by Gasteiger charge is -2.16. The van der Waals surface area contributed by atoms with Crippen molar-refractivity contribution in [2.75, 3.05) is 0 Å². The van der Waals surface area contributed by atoms with Crippen LogP contribution in [0.1, 0.15) is 44.1 Å². The molecule has 0 unspecified atom stereocenters. The number of ether oxygens (including phenoxy) is 1. The van der Waals surface area contributed by atoms with Crippen molar-refractivity contribution < 1.29 is 22.3 Å². The highest BCUT2D eigenvalue weighted by Crippen LogP contribution is 2.37. The van der Waals surface area contributed by atoms with Crippen LogP contribution in [0.4, 0.5) is 13.2 Å². The van der Waals surface area contributed by atoms with Crippen molar-refractivity contribution in [2.24, 2.45) is 0 Å². The Morgan fingerprint density at radius 2 is 1.93 bits per heavy atom. The van der Waals surface area contributed by atoms with Gasteiger partial charge in [-0.3, -0.25) is 0 Å². The van der Waals surface area contributed by atoms with Gasteiger partial charge in [-0.1, -0.05) is 11.6 Å². The minimum Gasteiger partial charge on any atom is -0.453 e. The van der Waals surface area contributed by atoms with E-state index < -0.39 is 6.36 Å². The number of halogens is 4. The fourth-order valence-electron chi connectivity index (χ4n) is 3.41. The number of hydrogen-bond donors (Lipinski definition) is 1. The molecule has 8 heteroatoms. The molecular weight excluding hydrogens is 496 g/mol. The summed E-state index contributed by atoms with van der Waals surface area (Å²) in [6, 6.07) is 3.36. The Labute approximate surface area is 179 Å². The topological polar surface area (TPSA) is 51.1 Å². The monoisotopic (exact) mass is 514 g/mol. The molecule has 2 aromatic rings. The van der Waals surface area contributed by atoms with E-state index in [0.29, 0.717) is 35.8 Å². The summed E-state index contributed by atoms with van der Waals surface area (Å²) in [4.78, 5) is 7.68. The van der Waals surface area contributed by atoms with E-state index in [-0.39, 0.29) is 5.76 Å². The third kappa shape index (κ3) is 4.52. The first-order valence-corrected chi connectivity index (χ1v) is 10.3. The zero-order valence-electron chi connectivity index (χ0n) is 15.6. The number of imidazole rings is 1. The SMILES string of the molecule is CC1=CC(I)=C(c2cnc(-c3ccc(C4=C(OC(F)(F)F)C=CCC4)o3)[nH]2)CC1. The number of hydrogen-bond acceptors (Lipinski definition) is 3. The average molecular weight is 514 g/mol. The summed E-state index contributed by atoms with van der Waals surface area (Å²) in [6.07, 6.45) is 5.15. The quantitative estimate of drug-likeness (QED) is 0.441. The van der Waals surface area contributed by atoms with Crippen LogP contribution in [0.25, 0.3) is 22.7 Å². The van der Waals surface area contributed by atoms with Crippen LogP contribution in [0.2, 0.25) is 0 Å². The molecule has 4 nitrogen and oxygen atoms in total. The summed E-state index contributed by atoms with van der Waals surface area (Å²) in [5.41, 5.74) is 3.86. The predicted molar refractivity (Wildman–Crippen MR) is 113 cm³/mol. The van der Waals surface area contributed by atoms with E-state index in [4.69, 9.17) is 4.42 Å². The van der Waals surface area contributed by atoms with E-state index in [1.807, 2.05) is 0 Å². The smallest absolute Gasteiger partial charge is 0.453 e. The molecule has 0 fully saturated rings. The Hall–Kier alpha value is -2.23. The van der Waals surface area contributed by atoms with Gasteiger partial charge in [0, 0.05) is 9.15 Å². The summed E-state index contributed by atoms with van der Waals surface area (Å²) >= 11 is 2.32. The molecule has 2 aromatic heterocycles. The fourth-order valence-corrected chi connectivity index (χ4v) is 4.51. The first-order valence-electron chi connectivity index (χ1n) is 9.17. The number of nitrogens with zero attached hydrogens (tertiary/aromatic N) is 1. The second-order valence-corrected chi connectivity index (χ2v) is 8.12. The van der Waals surface area contributed by atoms with Gasteiger partial charge in [0.25, 0.3) is 0 Å². The molecule has 29 heavy (non-hydrogen) atoms. The van der Waals surface area contributed by atoms with Gasteiger partial charge in [-0.05, 0) is 85.1 Å². The van der Waals surface area contributed by atoms with E-state index in [1.54, 1.807) is 24.4 Å². The predicted octanol–water partition coefficient (Wildman–Crippen LogP) is 7.15. The second-order valence-electron chi connectivity index (χ2n) is 6.96. The minimum atomic E-state index is -4.74. The zero-order valence-corrected chi connectivity index (χ0v) is 17.7. The van der Waals surface area contributed by atoms with Crippen LogP contribution in [0.15, 0.2) is 55.9 Å². The number of aromatic nitrogens is 2. The Bertz CT molecular complexity index is 1050. The van der Waals surface area contributed by atoms with E-state index in [0.717, 1.165) is 18.5 Å². The Morgan fingerprint density at radius 1 is 1.14 bits per heavy atom. The molecule has 0 spiro atoms. The van der Waals surface area contributed by atoms with Gasteiger partial charge in [0.2, 0.25) is 0 Å². The summed E-state index contributed by atoms with van der Waals surface area (Å²) in [7, 11) is 0. The largest absolute Gasteiger partial charge is 0.573 e. The minimum absolute atomic E-state index is 0.228. The standard InChI is InChI=1S/C21H18F3IN2O2/c1-12-6-7-13(15(25)10-12)16-11-26-20(27-16)19-9-8-17(28-19)14-4-2-3-5-18(14)29-21(22,23)24/h3,5,8-11H,2,4,6-7H2,1H3,(H,26,27). The van der Waals surface area contributed by atoms with Gasteiger partial charge in [-0.25, -0.2) is 4.98 Å². The molecule has 0 atom stereocenters. The van der Waals surface area contributed by atoms with E-state index in [9.17, 15) is 13.2 Å². The van der Waals surface area contributed by atoms with Crippen LogP contribution in [0.5, 0.6) is 0 Å². The normalized spacial score (nSPS) is 17.8. The lowest BCUT2D eigenvalue weighted by Crippen LogP contribution is -2.14. The van der Waals surface area contributed by atoms with Crippen molar-refractivity contribution in [1.82, 2.24) is 9.97 Å². The van der Waals surface area contributed by atoms with Gasteiger partial charge in [-0.15, -0.1) is 13.2 Å². The summed E-state index contributed by atoms with van der Waals surface area (Å²) in [5, 5.41) is 0. The highest BCUT2D eigenvalue weighted by atomic mass is 127. The van der Waals surface area contributed by atoms with Gasteiger partial charge in [0.05, 0.1) is 11.9 Å². The summed E-state index contributed by atoms with van der Waals surface area (Å²) in [5.74, 6) is 1.14. The van der Waals surface area contributed by atoms with Gasteiger partial charge >= 0.3 is 6.36 Å². The molecule has 152 valence electrons. The second kappa shape index (κ2) is 7.89. The van der Waals surface area contributed by atoms with Crippen molar-refractivity contribution in [3.8, 4) is 11.6 Å². The van der Waals surface area contributed by atoms with Gasteiger partial charge in [0.1, 0.15) is 11.5 Å². The highest BCUT2D eigenvalue weighted by molar-refractivity contribution is 14.1. The fraction of sp³-hybridized carbons (Fsp3) is 0.286. The number of nitrogens with one attached hydrogen (secondary N) is 1. The first-order chi connectivity index (χ1) is 13.8. The van der Waals surface area contributed by atoms with Crippen LogP contribution in [0.3, 0.4) is 0 Å². The van der Waals surface area contributed by atoms with Gasteiger partial charge in [-0.2, -0.15) is 0 Å². The number of allylic oxidation sites excluding steroid dienone is 7. The molecule has 0 bridgehead atoms. The maximum Gasteiger partial charge on any atom is 0.573 e. The Balaban J connectivity index is 1.63. The number of H-pyrrole nitrogens is 1. The van der Waals surface area contributed by atoms with E-state index in [2.05, 4.69) is 50.3 Å². The summed E-state index contributed by atoms with van der Waals surface area (Å²) in [6.45, 7) is 2.12. The summed E-state index contributed by atoms with van der Waals surface area (Å²) < 4.78 is 49.2. The molecule has 1 N–H and O–H groups in total. The van der Waals surface area contributed by atoms with Crippen molar-refractivity contribution in [1.29, 1.82) is 0 Å². The van der Waals surface area contributed by atoms with Crippen molar-refractivity contribution in [3.63, 3.8) is 0 Å². The number of rotatable bonds is 4. The van der Waals surface area contributed by atoms with Gasteiger partial charge < -0.3 is 14.1 Å². The third-order valence-electron chi connectivity index (χ3n) is 4.82. The van der Waals surface area contributed by atoms with Gasteiger partial charge in [0.15, 0.2) is 11.6 Å². The molecule has 0 saturated carbocycles. The Morgan fingerprint density at radius 3 is 2.69 bits per heavy atom. The lowest BCUT2D eigenvalue weighted by atomic mass is 9.98. The number of aromatic amines is 1. The average Bonchev–Trinajstić information content (AvgIpc) is 3.30. The highest BCUT2D eigenvalue weighted by Gasteiger charge is 2.33. The van der Waals surface area contributed by atoms with E-state index in [1.165, 1.54) is 20.8 Å². The third-order valence-corrected chi connectivity index (χ3v) is 5.78. The Kier molecular flexibility index (Phi) is 5.46. The molecule has 2 aliphatic rings. The lowest BCUT2D eigenvalue weighted by molar-refractivity contribution is -0.303. The number of furan rings is 1. The molecule has 0 aromatic carbocycles. The molecule has 0 amide bonds. The zero-order chi connectivity index (χ0) is 20.6. The molecule has 0 saturated heterocycles. The molecule has 2 aliphatic carbocycles. The molecule has 0 radical (unpaired) electrons. The van der Waals surface area contributed by atoms with Crippen LogP contribution in [0, 0.1) is 0 Å². The molecule has 0 aliphatic heterocycles. The number of alkyl halides is 3. The van der Waals surface area contributed by atoms with Crippen LogP contribution in [-0.2, 0) is 4.74 Å². The van der Waals surface area contributed by atoms with Crippen molar-refractivity contribution in [3.05, 3.63) is 62.9 Å². The van der Waals surface area contributed by atoms with Crippen molar-refractivity contribution in [2.45, 2.75) is 39.0 Å². The van der Waals surface area contributed by atoms with Crippen LogP contribution < -0.4 is 0 Å². The van der Waals surface area contributed by atoms with Crippen molar-refractivity contribution >= 4 is 33.7 Å². The maximum absolute atomic E-state index is 12.7.